The van der Waals surface area contributed by atoms with Crippen LogP contribution in [0.3, 0.4) is 0 Å². The second kappa shape index (κ2) is 11.6. The molecule has 3 rings (SSSR count). The maximum Gasteiger partial charge on any atom is 0.261 e. The van der Waals surface area contributed by atoms with Crippen LogP contribution in [0.25, 0.3) is 0 Å². The molecule has 0 unspecified atom stereocenters. The normalized spacial score (nSPS) is 10.3. The number of rotatable bonds is 7. The minimum atomic E-state index is -0.388. The molecule has 0 heterocycles. The average molecular weight is 526 g/mol. The van der Waals surface area contributed by atoms with Gasteiger partial charge in [0.05, 0.1) is 12.2 Å². The zero-order chi connectivity index (χ0) is 23.8. The van der Waals surface area contributed by atoms with Gasteiger partial charge in [0.1, 0.15) is 5.75 Å². The monoisotopic (exact) mass is 525 g/mol. The van der Waals surface area contributed by atoms with Crippen LogP contribution in [0.1, 0.15) is 22.8 Å². The molecule has 0 saturated heterocycles. The van der Waals surface area contributed by atoms with Gasteiger partial charge < -0.3 is 15.0 Å². The fraction of sp³-hybridized carbons (Fsp3) is 0.160. The van der Waals surface area contributed by atoms with Gasteiger partial charge in [-0.05, 0) is 54.2 Å². The molecule has 2 N–H and O–H groups in total. The Morgan fingerprint density at radius 2 is 1.79 bits per heavy atom. The van der Waals surface area contributed by atoms with E-state index in [1.165, 1.54) is 11.8 Å². The summed E-state index contributed by atoms with van der Waals surface area (Å²) in [6, 6.07) is 22.5. The lowest BCUT2D eigenvalue weighted by atomic mass is 10.1. The number of benzene rings is 3. The van der Waals surface area contributed by atoms with Gasteiger partial charge in [0.15, 0.2) is 5.11 Å². The van der Waals surface area contributed by atoms with Gasteiger partial charge in [-0.3, -0.25) is 14.9 Å². The topological polar surface area (TPSA) is 70.7 Å². The Morgan fingerprint density at radius 3 is 2.52 bits per heavy atom. The Morgan fingerprint density at radius 1 is 1.03 bits per heavy atom. The van der Waals surface area contributed by atoms with Gasteiger partial charge in [-0.15, -0.1) is 0 Å². The number of nitrogens with zero attached hydrogens (tertiary/aromatic N) is 1. The van der Waals surface area contributed by atoms with Crippen molar-refractivity contribution in [1.82, 2.24) is 5.32 Å². The molecule has 2 amide bonds. The molecule has 0 radical (unpaired) electrons. The summed E-state index contributed by atoms with van der Waals surface area (Å²) in [7, 11) is 1.69. The molecule has 0 fully saturated rings. The Labute approximate surface area is 207 Å². The molecule has 6 nitrogen and oxygen atoms in total. The SMILES string of the molecule is CC(=O)N(C)c1cccc(NC(=S)NC(=O)c2cc(Br)ccc2OCCc2ccccc2)c1. The van der Waals surface area contributed by atoms with E-state index in [-0.39, 0.29) is 16.9 Å². The van der Waals surface area contributed by atoms with E-state index >= 15 is 0 Å². The Kier molecular flexibility index (Phi) is 8.57. The quantitative estimate of drug-likeness (QED) is 0.416. The number of anilines is 2. The molecule has 0 aliphatic carbocycles. The Bertz CT molecular complexity index is 1150. The standard InChI is InChI=1S/C25H24BrN3O3S/c1-17(30)29(2)21-10-6-9-20(16-21)27-25(33)28-24(31)22-15-19(26)11-12-23(22)32-14-13-18-7-4-3-5-8-18/h3-12,15-16H,13-14H2,1-2H3,(H2,27,28,31,33). The van der Waals surface area contributed by atoms with Crippen LogP contribution in [0.2, 0.25) is 0 Å². The number of carbonyl (C=O) groups is 2. The van der Waals surface area contributed by atoms with Crippen molar-refractivity contribution in [2.75, 3.05) is 23.9 Å². The number of hydrogen-bond donors (Lipinski definition) is 2. The lowest BCUT2D eigenvalue weighted by molar-refractivity contribution is -0.116. The highest BCUT2D eigenvalue weighted by Crippen LogP contribution is 2.24. The van der Waals surface area contributed by atoms with Crippen molar-refractivity contribution < 1.29 is 14.3 Å². The van der Waals surface area contributed by atoms with Gasteiger partial charge in [-0.2, -0.15) is 0 Å². The van der Waals surface area contributed by atoms with Crippen LogP contribution in [0, 0.1) is 0 Å². The highest BCUT2D eigenvalue weighted by molar-refractivity contribution is 9.10. The molecule has 0 spiro atoms. The Balaban J connectivity index is 1.64. The van der Waals surface area contributed by atoms with Gasteiger partial charge in [0.25, 0.3) is 5.91 Å². The second-order valence-electron chi connectivity index (χ2n) is 7.26. The van der Waals surface area contributed by atoms with Crippen LogP contribution in [0.5, 0.6) is 5.75 Å². The average Bonchev–Trinajstić information content (AvgIpc) is 2.80. The number of carbonyl (C=O) groups excluding carboxylic acids is 2. The summed E-state index contributed by atoms with van der Waals surface area (Å²) in [4.78, 5) is 26.0. The van der Waals surface area contributed by atoms with Crippen LogP contribution in [0.4, 0.5) is 11.4 Å². The van der Waals surface area contributed by atoms with Crippen LogP contribution < -0.4 is 20.3 Å². The molecule has 170 valence electrons. The van der Waals surface area contributed by atoms with E-state index in [1.807, 2.05) is 42.5 Å². The summed E-state index contributed by atoms with van der Waals surface area (Å²) >= 11 is 8.73. The van der Waals surface area contributed by atoms with Gasteiger partial charge in [0, 0.05) is 36.2 Å². The molecule has 33 heavy (non-hydrogen) atoms. The maximum atomic E-state index is 12.9. The molecule has 0 aliphatic heterocycles. The highest BCUT2D eigenvalue weighted by Gasteiger charge is 2.15. The Hall–Kier alpha value is -3.23. The molecule has 3 aromatic rings. The smallest absolute Gasteiger partial charge is 0.261 e. The van der Waals surface area contributed by atoms with Crippen molar-refractivity contribution in [2.45, 2.75) is 13.3 Å². The van der Waals surface area contributed by atoms with Crippen LogP contribution in [0.15, 0.2) is 77.3 Å². The predicted molar refractivity (Wildman–Crippen MR) is 139 cm³/mol. The maximum absolute atomic E-state index is 12.9. The van der Waals surface area contributed by atoms with E-state index in [0.29, 0.717) is 29.3 Å². The molecule has 0 saturated carbocycles. The van der Waals surface area contributed by atoms with Crippen molar-refractivity contribution >= 4 is 56.4 Å². The summed E-state index contributed by atoms with van der Waals surface area (Å²) in [5.74, 6) is -0.00231. The summed E-state index contributed by atoms with van der Waals surface area (Å²) in [5.41, 5.74) is 2.89. The highest BCUT2D eigenvalue weighted by atomic mass is 79.9. The predicted octanol–water partition coefficient (Wildman–Crippen LogP) is 5.18. The first kappa shape index (κ1) is 24.4. The van der Waals surface area contributed by atoms with Crippen LogP contribution in [-0.2, 0) is 11.2 Å². The second-order valence-corrected chi connectivity index (χ2v) is 8.59. The largest absolute Gasteiger partial charge is 0.492 e. The first-order valence-electron chi connectivity index (χ1n) is 10.3. The number of amides is 2. The van der Waals surface area contributed by atoms with Gasteiger partial charge in [0.2, 0.25) is 5.91 Å². The third kappa shape index (κ3) is 7.13. The minimum absolute atomic E-state index is 0.0857. The summed E-state index contributed by atoms with van der Waals surface area (Å²) in [5, 5.41) is 5.81. The molecule has 0 atom stereocenters. The number of hydrogen-bond acceptors (Lipinski definition) is 4. The van der Waals surface area contributed by atoms with Crippen molar-refractivity contribution in [2.24, 2.45) is 0 Å². The van der Waals surface area contributed by atoms with Crippen LogP contribution >= 0.6 is 28.1 Å². The molecule has 0 aromatic heterocycles. The third-order valence-electron chi connectivity index (χ3n) is 4.87. The first-order valence-corrected chi connectivity index (χ1v) is 11.5. The van der Waals surface area contributed by atoms with Gasteiger partial charge in [-0.25, -0.2) is 0 Å². The number of halogens is 1. The minimum Gasteiger partial charge on any atom is -0.492 e. The molecule has 8 heteroatoms. The number of ether oxygens (including phenoxy) is 1. The summed E-state index contributed by atoms with van der Waals surface area (Å²) < 4.78 is 6.65. The zero-order valence-corrected chi connectivity index (χ0v) is 20.7. The van der Waals surface area contributed by atoms with Gasteiger partial charge >= 0.3 is 0 Å². The first-order chi connectivity index (χ1) is 15.8. The molecule has 0 bridgehead atoms. The van der Waals surface area contributed by atoms with E-state index in [4.69, 9.17) is 17.0 Å². The van der Waals surface area contributed by atoms with E-state index in [9.17, 15) is 9.59 Å². The van der Waals surface area contributed by atoms with E-state index < -0.39 is 0 Å². The fourth-order valence-electron chi connectivity index (χ4n) is 3.04. The summed E-state index contributed by atoms with van der Waals surface area (Å²) in [6.45, 7) is 1.92. The van der Waals surface area contributed by atoms with Crippen molar-refractivity contribution in [3.8, 4) is 5.75 Å². The zero-order valence-electron chi connectivity index (χ0n) is 18.3. The molecular formula is C25H24BrN3O3S. The number of thiocarbonyl (C=S) groups is 1. The lowest BCUT2D eigenvalue weighted by Gasteiger charge is -2.17. The third-order valence-corrected chi connectivity index (χ3v) is 5.57. The van der Waals surface area contributed by atoms with Crippen molar-refractivity contribution in [1.29, 1.82) is 0 Å². The number of nitrogens with one attached hydrogen (secondary N) is 2. The summed E-state index contributed by atoms with van der Waals surface area (Å²) in [6.07, 6.45) is 0.725. The fourth-order valence-corrected chi connectivity index (χ4v) is 3.61. The van der Waals surface area contributed by atoms with Crippen molar-refractivity contribution in [3.05, 3.63) is 88.4 Å². The molecule has 3 aromatic carbocycles. The van der Waals surface area contributed by atoms with Crippen molar-refractivity contribution in [3.63, 3.8) is 0 Å². The molecular weight excluding hydrogens is 502 g/mol. The van der Waals surface area contributed by atoms with E-state index in [2.05, 4.69) is 26.6 Å². The lowest BCUT2D eigenvalue weighted by Crippen LogP contribution is -2.34. The van der Waals surface area contributed by atoms with Crippen LogP contribution in [-0.4, -0.2) is 30.6 Å². The van der Waals surface area contributed by atoms with E-state index in [0.717, 1.165) is 16.5 Å². The van der Waals surface area contributed by atoms with E-state index in [1.54, 1.807) is 37.4 Å². The van der Waals surface area contributed by atoms with Gasteiger partial charge in [-0.1, -0.05) is 52.3 Å². The molecule has 0 aliphatic rings.